The van der Waals surface area contributed by atoms with Gasteiger partial charge in [0.2, 0.25) is 0 Å². The van der Waals surface area contributed by atoms with Gasteiger partial charge in [-0.15, -0.1) is 0 Å². The van der Waals surface area contributed by atoms with E-state index in [9.17, 15) is 9.90 Å². The minimum atomic E-state index is -0.387. The van der Waals surface area contributed by atoms with Crippen LogP contribution in [-0.4, -0.2) is 30.9 Å². The predicted octanol–water partition coefficient (Wildman–Crippen LogP) is 2.88. The minimum Gasteiger partial charge on any atom is -0.507 e. The Labute approximate surface area is 147 Å². The third-order valence-electron chi connectivity index (χ3n) is 3.46. The van der Waals surface area contributed by atoms with Gasteiger partial charge in [0.05, 0.1) is 13.3 Å². The molecule has 2 aromatic carbocycles. The number of phenolic OH excluding ortho intramolecular Hbond substituents is 1. The molecule has 0 heterocycles. The maximum atomic E-state index is 11.7. The summed E-state index contributed by atoms with van der Waals surface area (Å²) in [6.07, 6.45) is 3.46. The number of ether oxygens (including phenoxy) is 2. The highest BCUT2D eigenvalue weighted by Gasteiger charge is 2.03. The first-order chi connectivity index (χ1) is 12.1. The fourth-order valence-corrected chi connectivity index (χ4v) is 2.16. The van der Waals surface area contributed by atoms with Crippen molar-refractivity contribution in [2.45, 2.75) is 19.8 Å². The molecule has 132 valence electrons. The van der Waals surface area contributed by atoms with E-state index in [0.717, 1.165) is 12.8 Å². The van der Waals surface area contributed by atoms with E-state index < -0.39 is 0 Å². The molecule has 0 atom stereocenters. The van der Waals surface area contributed by atoms with Crippen molar-refractivity contribution in [1.82, 2.24) is 5.43 Å². The lowest BCUT2D eigenvalue weighted by Gasteiger charge is -2.06. The second-order valence-electron chi connectivity index (χ2n) is 5.40. The Hall–Kier alpha value is -3.02. The van der Waals surface area contributed by atoms with Gasteiger partial charge in [-0.3, -0.25) is 4.79 Å². The molecule has 0 aliphatic heterocycles. The number of phenols is 1. The minimum absolute atomic E-state index is 0.0146. The van der Waals surface area contributed by atoms with Crippen LogP contribution in [-0.2, 0) is 11.2 Å². The highest BCUT2D eigenvalue weighted by Crippen LogP contribution is 2.21. The number of carbonyl (C=O) groups is 1. The number of rotatable bonds is 8. The van der Waals surface area contributed by atoms with E-state index >= 15 is 0 Å². The van der Waals surface area contributed by atoms with Crippen molar-refractivity contribution in [1.29, 1.82) is 0 Å². The molecule has 0 saturated heterocycles. The molecule has 0 unspecified atom stereocenters. The molecular formula is C19H22N2O4. The number of amides is 1. The average molecular weight is 342 g/mol. The van der Waals surface area contributed by atoms with Gasteiger partial charge in [-0.05, 0) is 36.2 Å². The topological polar surface area (TPSA) is 80.2 Å². The van der Waals surface area contributed by atoms with Crippen LogP contribution in [0.25, 0.3) is 0 Å². The zero-order valence-corrected chi connectivity index (χ0v) is 14.4. The van der Waals surface area contributed by atoms with Gasteiger partial charge in [0.1, 0.15) is 17.2 Å². The van der Waals surface area contributed by atoms with Crippen molar-refractivity contribution in [3.63, 3.8) is 0 Å². The molecule has 2 rings (SSSR count). The molecule has 0 bridgehead atoms. The Morgan fingerprint density at radius 3 is 2.56 bits per heavy atom. The van der Waals surface area contributed by atoms with Gasteiger partial charge < -0.3 is 14.6 Å². The lowest BCUT2D eigenvalue weighted by atomic mass is 10.1. The van der Waals surface area contributed by atoms with Crippen molar-refractivity contribution in [2.24, 2.45) is 5.10 Å². The van der Waals surface area contributed by atoms with E-state index in [-0.39, 0.29) is 18.3 Å². The molecule has 1 amide bonds. The monoisotopic (exact) mass is 342 g/mol. The predicted molar refractivity (Wildman–Crippen MR) is 96.3 cm³/mol. The van der Waals surface area contributed by atoms with E-state index in [4.69, 9.17) is 9.47 Å². The fraction of sp³-hybridized carbons (Fsp3) is 0.263. The van der Waals surface area contributed by atoms with Gasteiger partial charge in [0, 0.05) is 11.6 Å². The van der Waals surface area contributed by atoms with Crippen molar-refractivity contribution < 1.29 is 19.4 Å². The number of hydrogen-bond acceptors (Lipinski definition) is 5. The summed E-state index contributed by atoms with van der Waals surface area (Å²) in [6, 6.07) is 12.5. The summed E-state index contributed by atoms with van der Waals surface area (Å²) in [5.74, 6) is 0.798. The number of nitrogens with one attached hydrogen (secondary N) is 1. The highest BCUT2D eigenvalue weighted by atomic mass is 16.5. The largest absolute Gasteiger partial charge is 0.507 e. The normalized spacial score (nSPS) is 10.6. The van der Waals surface area contributed by atoms with Crippen molar-refractivity contribution in [3.05, 3.63) is 53.6 Å². The van der Waals surface area contributed by atoms with Crippen LogP contribution in [0.1, 0.15) is 24.5 Å². The third-order valence-corrected chi connectivity index (χ3v) is 3.46. The number of hydrazone groups is 1. The van der Waals surface area contributed by atoms with Gasteiger partial charge in [0.25, 0.3) is 5.91 Å². The molecule has 0 saturated carbocycles. The van der Waals surface area contributed by atoms with Crippen molar-refractivity contribution in [3.8, 4) is 17.2 Å². The van der Waals surface area contributed by atoms with Crippen LogP contribution < -0.4 is 14.9 Å². The first-order valence-corrected chi connectivity index (χ1v) is 8.03. The average Bonchev–Trinajstić information content (AvgIpc) is 2.62. The van der Waals surface area contributed by atoms with E-state index in [0.29, 0.717) is 17.1 Å². The Kier molecular flexibility index (Phi) is 6.83. The van der Waals surface area contributed by atoms with Crippen LogP contribution in [0.3, 0.4) is 0 Å². The van der Waals surface area contributed by atoms with Gasteiger partial charge in [0.15, 0.2) is 6.61 Å². The number of carbonyl (C=O) groups excluding carboxylic acids is 1. The van der Waals surface area contributed by atoms with Crippen molar-refractivity contribution >= 4 is 12.1 Å². The molecule has 25 heavy (non-hydrogen) atoms. The van der Waals surface area contributed by atoms with Crippen LogP contribution in [0.5, 0.6) is 17.2 Å². The Morgan fingerprint density at radius 2 is 1.92 bits per heavy atom. The van der Waals surface area contributed by atoms with E-state index in [1.165, 1.54) is 25.0 Å². The van der Waals surface area contributed by atoms with E-state index in [1.807, 2.05) is 24.3 Å². The summed E-state index contributed by atoms with van der Waals surface area (Å²) in [4.78, 5) is 11.7. The summed E-state index contributed by atoms with van der Waals surface area (Å²) in [6.45, 7) is 1.99. The summed E-state index contributed by atoms with van der Waals surface area (Å²) in [5, 5.41) is 13.6. The van der Waals surface area contributed by atoms with Crippen LogP contribution in [0.4, 0.5) is 0 Å². The van der Waals surface area contributed by atoms with E-state index in [2.05, 4.69) is 17.5 Å². The maximum absolute atomic E-state index is 11.7. The maximum Gasteiger partial charge on any atom is 0.277 e. The number of hydrogen-bond donors (Lipinski definition) is 2. The first-order valence-electron chi connectivity index (χ1n) is 8.03. The molecule has 0 fully saturated rings. The second kappa shape index (κ2) is 9.32. The number of nitrogens with zero attached hydrogens (tertiary/aromatic N) is 1. The molecule has 0 aliphatic rings. The molecule has 2 N–H and O–H groups in total. The summed E-state index contributed by atoms with van der Waals surface area (Å²) < 4.78 is 10.4. The highest BCUT2D eigenvalue weighted by molar-refractivity contribution is 5.85. The molecule has 6 heteroatoms. The van der Waals surface area contributed by atoms with Crippen LogP contribution >= 0.6 is 0 Å². The number of aryl methyl sites for hydroxylation is 1. The summed E-state index contributed by atoms with van der Waals surface area (Å²) in [7, 11) is 1.51. The van der Waals surface area contributed by atoms with Crippen molar-refractivity contribution in [2.75, 3.05) is 13.7 Å². The molecule has 2 aromatic rings. The Balaban J connectivity index is 1.80. The molecule has 0 aliphatic carbocycles. The van der Waals surface area contributed by atoms with Gasteiger partial charge in [-0.2, -0.15) is 5.10 Å². The molecule has 0 spiro atoms. The lowest BCUT2D eigenvalue weighted by molar-refractivity contribution is -0.123. The third kappa shape index (κ3) is 5.84. The standard InChI is InChI=1S/C19H22N2O4/c1-3-4-14-5-8-16(9-6-14)25-13-19(23)21-20-12-15-7-10-17(24-2)11-18(15)22/h5-12,22H,3-4,13H2,1-2H3,(H,21,23). The van der Waals surface area contributed by atoms with Crippen LogP contribution in [0.2, 0.25) is 0 Å². The van der Waals surface area contributed by atoms with Crippen LogP contribution in [0, 0.1) is 0 Å². The Bertz CT molecular complexity index is 727. The Morgan fingerprint density at radius 1 is 1.20 bits per heavy atom. The smallest absolute Gasteiger partial charge is 0.277 e. The molecule has 0 radical (unpaired) electrons. The second-order valence-corrected chi connectivity index (χ2v) is 5.40. The molecular weight excluding hydrogens is 320 g/mol. The van der Waals surface area contributed by atoms with Gasteiger partial charge in [-0.1, -0.05) is 25.5 Å². The number of benzene rings is 2. The summed E-state index contributed by atoms with van der Waals surface area (Å²) in [5.41, 5.74) is 4.06. The number of methoxy groups -OCH3 is 1. The number of aromatic hydroxyl groups is 1. The summed E-state index contributed by atoms with van der Waals surface area (Å²) >= 11 is 0. The molecule has 0 aromatic heterocycles. The SMILES string of the molecule is CCCc1ccc(OCC(=O)NN=Cc2ccc(OC)cc2O)cc1. The lowest BCUT2D eigenvalue weighted by Crippen LogP contribution is -2.24. The first kappa shape index (κ1) is 18.3. The van der Waals surface area contributed by atoms with Crippen LogP contribution in [0.15, 0.2) is 47.6 Å². The van der Waals surface area contributed by atoms with E-state index in [1.54, 1.807) is 12.1 Å². The van der Waals surface area contributed by atoms with Gasteiger partial charge >= 0.3 is 0 Å². The zero-order valence-electron chi connectivity index (χ0n) is 14.4. The zero-order chi connectivity index (χ0) is 18.1. The molecule has 6 nitrogen and oxygen atoms in total. The fourth-order valence-electron chi connectivity index (χ4n) is 2.16. The van der Waals surface area contributed by atoms with Gasteiger partial charge in [-0.25, -0.2) is 5.43 Å². The quantitative estimate of drug-likeness (QED) is 0.571.